The Morgan fingerprint density at radius 3 is 2.37 bits per heavy atom. The molecule has 2 aliphatic carbocycles. The average Bonchev–Trinajstić information content (AvgIpc) is 2.87. The lowest BCUT2D eigenvalue weighted by atomic mass is 9.51. The van der Waals surface area contributed by atoms with Crippen LogP contribution in [0.4, 0.5) is 0 Å². The summed E-state index contributed by atoms with van der Waals surface area (Å²) in [6.45, 7) is 14.7. The third-order valence-electron chi connectivity index (χ3n) is 10.4. The summed E-state index contributed by atoms with van der Waals surface area (Å²) in [6, 6.07) is 0. The number of esters is 1. The predicted octanol–water partition coefficient (Wildman–Crippen LogP) is 2.85. The van der Waals surface area contributed by atoms with E-state index in [1.54, 1.807) is 47.6 Å². The number of carbonyl (C=O) groups is 3. The minimum Gasteiger partial charge on any atom is -0.487 e. The molecule has 4 rings (SSSR count). The fourth-order valence-electron chi connectivity index (χ4n) is 8.10. The molecule has 10 nitrogen and oxygen atoms in total. The second-order valence-electron chi connectivity index (χ2n) is 14.1. The molecule has 10 atom stereocenters. The van der Waals surface area contributed by atoms with Crippen molar-refractivity contribution in [1.82, 2.24) is 0 Å². The van der Waals surface area contributed by atoms with Crippen LogP contribution in [0.1, 0.15) is 88.0 Å². The number of ketones is 2. The molecule has 0 radical (unpaired) electrons. The van der Waals surface area contributed by atoms with Gasteiger partial charge in [-0.2, -0.15) is 0 Å². The molecule has 0 amide bonds. The SMILES string of the molecule is CC=C(C)C(OC(C)=O)C(C)C1=CC(=O)C2=C(OC3(C)CCC4OC(C(C)(C)O)CC(O)C4(C)C3C2O)C1(O)CC(C)=O. The molecule has 43 heavy (non-hydrogen) atoms. The number of carbonyl (C=O) groups excluding carboxylic acids is 3. The largest absolute Gasteiger partial charge is 0.487 e. The minimum atomic E-state index is -2.10. The molecule has 4 N–H and O–H groups in total. The fraction of sp³-hybridized carbons (Fsp3) is 0.727. The lowest BCUT2D eigenvalue weighted by Gasteiger charge is -2.63. The molecular formula is C33H48O10. The van der Waals surface area contributed by atoms with E-state index >= 15 is 0 Å². The molecule has 1 saturated carbocycles. The van der Waals surface area contributed by atoms with Crippen molar-refractivity contribution >= 4 is 17.5 Å². The molecule has 2 heterocycles. The van der Waals surface area contributed by atoms with Crippen molar-refractivity contribution in [2.75, 3.05) is 0 Å². The van der Waals surface area contributed by atoms with E-state index in [0.29, 0.717) is 18.4 Å². The van der Waals surface area contributed by atoms with Gasteiger partial charge in [0.15, 0.2) is 11.4 Å². The Balaban J connectivity index is 1.84. The van der Waals surface area contributed by atoms with Gasteiger partial charge in [-0.25, -0.2) is 0 Å². The first-order valence-electron chi connectivity index (χ1n) is 15.2. The highest BCUT2D eigenvalue weighted by atomic mass is 16.5. The number of Topliss-reactive ketones (excluding diaryl/α,β-unsaturated/α-hetero) is 1. The number of ether oxygens (including phenoxy) is 3. The van der Waals surface area contributed by atoms with Crippen LogP contribution in [0.5, 0.6) is 0 Å². The van der Waals surface area contributed by atoms with Crippen LogP contribution in [0.3, 0.4) is 0 Å². The maximum atomic E-state index is 13.9. The van der Waals surface area contributed by atoms with Crippen LogP contribution in [-0.2, 0) is 28.6 Å². The summed E-state index contributed by atoms with van der Waals surface area (Å²) < 4.78 is 18.6. The second kappa shape index (κ2) is 11.2. The number of rotatable bonds is 7. The molecule has 0 spiro atoms. The topological polar surface area (TPSA) is 160 Å². The molecule has 0 aromatic rings. The quantitative estimate of drug-likeness (QED) is 0.251. The molecule has 10 heteroatoms. The minimum absolute atomic E-state index is 0.118. The van der Waals surface area contributed by atoms with Crippen molar-refractivity contribution in [3.63, 3.8) is 0 Å². The molecule has 0 aromatic heterocycles. The molecule has 1 saturated heterocycles. The van der Waals surface area contributed by atoms with Crippen LogP contribution in [0.25, 0.3) is 0 Å². The van der Waals surface area contributed by atoms with E-state index in [-0.39, 0.29) is 29.1 Å². The van der Waals surface area contributed by atoms with Crippen LogP contribution >= 0.6 is 0 Å². The van der Waals surface area contributed by atoms with Crippen molar-refractivity contribution in [2.24, 2.45) is 17.3 Å². The number of hydrogen-bond acceptors (Lipinski definition) is 10. The van der Waals surface area contributed by atoms with Gasteiger partial charge in [0, 0.05) is 37.0 Å². The number of hydrogen-bond donors (Lipinski definition) is 4. The molecular weight excluding hydrogens is 556 g/mol. The smallest absolute Gasteiger partial charge is 0.303 e. The van der Waals surface area contributed by atoms with E-state index < -0.39 is 82.7 Å². The Morgan fingerprint density at radius 1 is 1.21 bits per heavy atom. The van der Waals surface area contributed by atoms with E-state index in [4.69, 9.17) is 14.2 Å². The number of aliphatic hydroxyl groups is 4. The van der Waals surface area contributed by atoms with Crippen molar-refractivity contribution < 1.29 is 49.0 Å². The molecule has 4 aliphatic rings. The van der Waals surface area contributed by atoms with Gasteiger partial charge in [0.1, 0.15) is 23.2 Å². The molecule has 2 fully saturated rings. The van der Waals surface area contributed by atoms with Gasteiger partial charge in [0.05, 0.1) is 35.6 Å². The van der Waals surface area contributed by atoms with Crippen molar-refractivity contribution in [3.05, 3.63) is 34.6 Å². The summed E-state index contributed by atoms with van der Waals surface area (Å²) >= 11 is 0. The van der Waals surface area contributed by atoms with Crippen LogP contribution in [0.2, 0.25) is 0 Å². The van der Waals surface area contributed by atoms with Gasteiger partial charge < -0.3 is 34.6 Å². The van der Waals surface area contributed by atoms with Crippen LogP contribution in [0, 0.1) is 17.3 Å². The maximum absolute atomic E-state index is 13.9. The fourth-order valence-corrected chi connectivity index (χ4v) is 8.10. The van der Waals surface area contributed by atoms with Gasteiger partial charge in [-0.1, -0.05) is 19.9 Å². The average molecular weight is 605 g/mol. The number of allylic oxidation sites excluding steroid dienone is 2. The van der Waals surface area contributed by atoms with Gasteiger partial charge in [0.25, 0.3) is 0 Å². The Bertz CT molecular complexity index is 1270. The van der Waals surface area contributed by atoms with Crippen LogP contribution in [-0.4, -0.2) is 85.3 Å². The first-order chi connectivity index (χ1) is 19.7. The molecule has 240 valence electrons. The van der Waals surface area contributed by atoms with Crippen LogP contribution < -0.4 is 0 Å². The maximum Gasteiger partial charge on any atom is 0.303 e. The molecule has 0 bridgehead atoms. The summed E-state index contributed by atoms with van der Waals surface area (Å²) in [5, 5.41) is 46.7. The normalized spacial score (nSPS) is 39.5. The van der Waals surface area contributed by atoms with Crippen molar-refractivity contribution in [3.8, 4) is 0 Å². The summed E-state index contributed by atoms with van der Waals surface area (Å²) in [7, 11) is 0. The predicted molar refractivity (Wildman–Crippen MR) is 156 cm³/mol. The molecule has 0 aromatic carbocycles. The Hall–Kier alpha value is -2.37. The zero-order valence-electron chi connectivity index (χ0n) is 26.8. The van der Waals surface area contributed by atoms with E-state index in [1.165, 1.54) is 19.9 Å². The number of aliphatic hydroxyl groups excluding tert-OH is 2. The summed E-state index contributed by atoms with van der Waals surface area (Å²) in [4.78, 5) is 38.6. The summed E-state index contributed by atoms with van der Waals surface area (Å²) in [5.74, 6) is -3.22. The van der Waals surface area contributed by atoms with Gasteiger partial charge >= 0.3 is 5.97 Å². The van der Waals surface area contributed by atoms with Gasteiger partial charge in [-0.15, -0.1) is 0 Å². The monoisotopic (exact) mass is 604 g/mol. The van der Waals surface area contributed by atoms with E-state index in [1.807, 2.05) is 6.92 Å². The first-order valence-corrected chi connectivity index (χ1v) is 15.2. The highest BCUT2D eigenvalue weighted by Gasteiger charge is 2.68. The molecule has 10 unspecified atom stereocenters. The van der Waals surface area contributed by atoms with Crippen molar-refractivity contribution in [2.45, 2.75) is 135 Å². The number of fused-ring (bicyclic) bond motifs is 3. The van der Waals surface area contributed by atoms with E-state index in [0.717, 1.165) is 0 Å². The Labute approximate surface area is 253 Å². The highest BCUT2D eigenvalue weighted by Crippen LogP contribution is 2.61. The standard InChI is InChI=1S/C33H48O10/c1-10-16(2)27(41-19(5)35)18(4)20-13-21(36)25-26(38)28-31(8,43-29(25)33(20,40)15-17(3)34)12-11-23-32(28,9)22(37)14-24(42-23)30(6,7)39/h10,13,18,22-24,26-28,37-40H,11-12,14-15H2,1-9H3. The van der Waals surface area contributed by atoms with E-state index in [2.05, 4.69) is 0 Å². The lowest BCUT2D eigenvalue weighted by Crippen LogP contribution is -2.70. The highest BCUT2D eigenvalue weighted by molar-refractivity contribution is 6.08. The van der Waals surface area contributed by atoms with E-state index in [9.17, 15) is 34.8 Å². The van der Waals surface area contributed by atoms with Gasteiger partial charge in [-0.3, -0.25) is 14.4 Å². The first kappa shape index (κ1) is 33.5. The summed E-state index contributed by atoms with van der Waals surface area (Å²) in [5.41, 5.74) is -4.82. The summed E-state index contributed by atoms with van der Waals surface area (Å²) in [6.07, 6.45) is -0.989. The van der Waals surface area contributed by atoms with Crippen molar-refractivity contribution in [1.29, 1.82) is 0 Å². The third kappa shape index (κ3) is 5.43. The Kier molecular flexibility index (Phi) is 8.74. The Morgan fingerprint density at radius 2 is 1.84 bits per heavy atom. The van der Waals surface area contributed by atoms with Gasteiger partial charge in [0.2, 0.25) is 0 Å². The zero-order valence-corrected chi connectivity index (χ0v) is 26.8. The lowest BCUT2D eigenvalue weighted by molar-refractivity contribution is -0.294. The second-order valence-corrected chi connectivity index (χ2v) is 14.1. The zero-order chi connectivity index (χ0) is 32.4. The molecule has 2 aliphatic heterocycles. The van der Waals surface area contributed by atoms with Crippen LogP contribution in [0.15, 0.2) is 34.6 Å². The van der Waals surface area contributed by atoms with Gasteiger partial charge in [-0.05, 0) is 71.6 Å². The third-order valence-corrected chi connectivity index (χ3v) is 10.4.